The summed E-state index contributed by atoms with van der Waals surface area (Å²) < 4.78 is 0. The Hall–Kier alpha value is -2.21. The summed E-state index contributed by atoms with van der Waals surface area (Å²) in [6.45, 7) is 1.18. The second-order valence-corrected chi connectivity index (χ2v) is 4.86. The highest BCUT2D eigenvalue weighted by atomic mass is 16.4. The fraction of sp³-hybridized carbons (Fsp3) is 0.235. The topological polar surface area (TPSA) is 115 Å². The van der Waals surface area contributed by atoms with E-state index in [0.717, 1.165) is 16.7 Å². The van der Waals surface area contributed by atoms with Crippen LogP contribution in [0.3, 0.4) is 0 Å². The molecule has 7 N–H and O–H groups in total. The molecule has 5 heteroatoms. The first-order valence-corrected chi connectivity index (χ1v) is 7.07. The molecule has 1 atom stereocenters. The minimum atomic E-state index is -0.959. The molecule has 0 aliphatic heterocycles. The van der Waals surface area contributed by atoms with Crippen molar-refractivity contribution >= 4 is 5.97 Å². The van der Waals surface area contributed by atoms with Crippen LogP contribution < -0.4 is 17.2 Å². The maximum Gasteiger partial charge on any atom is 0.320 e. The summed E-state index contributed by atoms with van der Waals surface area (Å²) in [5.41, 5.74) is 19.4. The first-order chi connectivity index (χ1) is 10.6. The SMILES string of the molecule is NC(Cc1ccccc1)C(=O)O.NCc1cccc(CN)c1. The molecular weight excluding hydrogens is 278 g/mol. The molecule has 2 aromatic rings. The van der Waals surface area contributed by atoms with Crippen LogP contribution in [0.5, 0.6) is 0 Å². The van der Waals surface area contributed by atoms with Gasteiger partial charge < -0.3 is 22.3 Å². The smallest absolute Gasteiger partial charge is 0.320 e. The number of hydrogen-bond donors (Lipinski definition) is 4. The van der Waals surface area contributed by atoms with E-state index in [1.807, 2.05) is 54.6 Å². The lowest BCUT2D eigenvalue weighted by Gasteiger charge is -2.04. The highest BCUT2D eigenvalue weighted by Crippen LogP contribution is 2.03. The van der Waals surface area contributed by atoms with Crippen LogP contribution in [-0.2, 0) is 24.3 Å². The fourth-order valence-electron chi connectivity index (χ4n) is 1.84. The van der Waals surface area contributed by atoms with Gasteiger partial charge in [0.15, 0.2) is 0 Å². The summed E-state index contributed by atoms with van der Waals surface area (Å²) in [7, 11) is 0. The molecule has 0 saturated carbocycles. The minimum Gasteiger partial charge on any atom is -0.480 e. The standard InChI is InChI=1S/C9H11NO2.C8H12N2/c10-8(9(11)12)6-7-4-2-1-3-5-7;9-5-7-2-1-3-8(4-7)6-10/h1-5,8H,6,10H2,(H,11,12);1-4H,5-6,9-10H2. The summed E-state index contributed by atoms with van der Waals surface area (Å²) in [4.78, 5) is 10.4. The van der Waals surface area contributed by atoms with E-state index in [0.29, 0.717) is 19.5 Å². The van der Waals surface area contributed by atoms with E-state index in [1.165, 1.54) is 0 Å². The van der Waals surface area contributed by atoms with Crippen LogP contribution in [0.2, 0.25) is 0 Å². The number of nitrogens with two attached hydrogens (primary N) is 3. The Balaban J connectivity index is 0.000000224. The van der Waals surface area contributed by atoms with Gasteiger partial charge in [0, 0.05) is 13.1 Å². The Morgan fingerprint density at radius 1 is 0.909 bits per heavy atom. The zero-order chi connectivity index (χ0) is 16.4. The first-order valence-electron chi connectivity index (χ1n) is 7.07. The molecule has 0 heterocycles. The van der Waals surface area contributed by atoms with E-state index in [4.69, 9.17) is 22.3 Å². The molecule has 118 valence electrons. The molecule has 22 heavy (non-hydrogen) atoms. The Morgan fingerprint density at radius 3 is 1.86 bits per heavy atom. The van der Waals surface area contributed by atoms with Gasteiger partial charge in [0.1, 0.15) is 6.04 Å². The Labute approximate surface area is 130 Å². The van der Waals surface area contributed by atoms with Crippen molar-refractivity contribution in [3.05, 3.63) is 71.3 Å². The average Bonchev–Trinajstić information content (AvgIpc) is 2.56. The van der Waals surface area contributed by atoms with Crippen molar-refractivity contribution in [1.29, 1.82) is 0 Å². The van der Waals surface area contributed by atoms with E-state index in [-0.39, 0.29) is 0 Å². The van der Waals surface area contributed by atoms with E-state index in [2.05, 4.69) is 0 Å². The van der Waals surface area contributed by atoms with Crippen molar-refractivity contribution in [1.82, 2.24) is 0 Å². The van der Waals surface area contributed by atoms with Crippen molar-refractivity contribution < 1.29 is 9.90 Å². The van der Waals surface area contributed by atoms with Gasteiger partial charge in [-0.05, 0) is 23.1 Å². The number of carboxylic acids is 1. The van der Waals surface area contributed by atoms with Crippen LogP contribution in [-0.4, -0.2) is 17.1 Å². The molecule has 0 aliphatic carbocycles. The summed E-state index contributed by atoms with van der Waals surface area (Å²) >= 11 is 0. The quantitative estimate of drug-likeness (QED) is 0.663. The minimum absolute atomic E-state index is 0.385. The van der Waals surface area contributed by atoms with Gasteiger partial charge in [-0.15, -0.1) is 0 Å². The monoisotopic (exact) mass is 301 g/mol. The highest BCUT2D eigenvalue weighted by Gasteiger charge is 2.10. The third-order valence-corrected chi connectivity index (χ3v) is 3.08. The molecule has 0 aliphatic rings. The molecule has 0 fully saturated rings. The second-order valence-electron chi connectivity index (χ2n) is 4.86. The fourth-order valence-corrected chi connectivity index (χ4v) is 1.84. The lowest BCUT2D eigenvalue weighted by Crippen LogP contribution is -2.32. The predicted molar refractivity (Wildman–Crippen MR) is 88.0 cm³/mol. The van der Waals surface area contributed by atoms with Gasteiger partial charge in [0.05, 0.1) is 0 Å². The molecule has 0 radical (unpaired) electrons. The first kappa shape index (κ1) is 17.8. The van der Waals surface area contributed by atoms with Gasteiger partial charge in [-0.1, -0.05) is 54.6 Å². The van der Waals surface area contributed by atoms with Crippen LogP contribution in [0.15, 0.2) is 54.6 Å². The normalized spacial score (nSPS) is 11.2. The number of carboxylic acid groups (broad SMARTS) is 1. The largest absolute Gasteiger partial charge is 0.480 e. The van der Waals surface area contributed by atoms with Gasteiger partial charge in [0.2, 0.25) is 0 Å². The third-order valence-electron chi connectivity index (χ3n) is 3.08. The lowest BCUT2D eigenvalue weighted by atomic mass is 10.1. The molecule has 1 unspecified atom stereocenters. The molecule has 0 aromatic heterocycles. The van der Waals surface area contributed by atoms with E-state index in [1.54, 1.807) is 0 Å². The summed E-state index contributed by atoms with van der Waals surface area (Å²) in [5.74, 6) is -0.959. The number of benzene rings is 2. The van der Waals surface area contributed by atoms with Crippen LogP contribution in [0, 0.1) is 0 Å². The summed E-state index contributed by atoms with van der Waals surface area (Å²) in [6.07, 6.45) is 0.385. The number of rotatable bonds is 5. The Bertz CT molecular complexity index is 554. The van der Waals surface area contributed by atoms with Gasteiger partial charge >= 0.3 is 5.97 Å². The van der Waals surface area contributed by atoms with Gasteiger partial charge in [-0.3, -0.25) is 4.79 Å². The molecule has 0 spiro atoms. The van der Waals surface area contributed by atoms with Crippen molar-refractivity contribution in [3.63, 3.8) is 0 Å². The maximum absolute atomic E-state index is 10.4. The molecule has 0 bridgehead atoms. The molecule has 0 amide bonds. The zero-order valence-corrected chi connectivity index (χ0v) is 12.5. The molecule has 2 aromatic carbocycles. The second kappa shape index (κ2) is 9.68. The third kappa shape index (κ3) is 6.49. The van der Waals surface area contributed by atoms with Gasteiger partial charge in [-0.2, -0.15) is 0 Å². The van der Waals surface area contributed by atoms with E-state index >= 15 is 0 Å². The molecule has 0 saturated heterocycles. The van der Waals surface area contributed by atoms with Crippen LogP contribution in [0.4, 0.5) is 0 Å². The van der Waals surface area contributed by atoms with E-state index < -0.39 is 12.0 Å². The van der Waals surface area contributed by atoms with Crippen LogP contribution in [0.1, 0.15) is 16.7 Å². The molecule has 5 nitrogen and oxygen atoms in total. The average molecular weight is 301 g/mol. The van der Waals surface area contributed by atoms with Crippen molar-refractivity contribution in [2.24, 2.45) is 17.2 Å². The Kier molecular flexibility index (Phi) is 7.85. The summed E-state index contributed by atoms with van der Waals surface area (Å²) in [6, 6.07) is 16.5. The molecule has 2 rings (SSSR count). The Morgan fingerprint density at radius 2 is 1.41 bits per heavy atom. The van der Waals surface area contributed by atoms with Crippen molar-refractivity contribution in [3.8, 4) is 0 Å². The van der Waals surface area contributed by atoms with E-state index in [9.17, 15) is 4.79 Å². The number of aliphatic carboxylic acids is 1. The van der Waals surface area contributed by atoms with Crippen LogP contribution >= 0.6 is 0 Å². The molecular formula is C17H23N3O2. The predicted octanol–water partition coefficient (Wildman–Crippen LogP) is 1.24. The number of hydrogen-bond acceptors (Lipinski definition) is 4. The maximum atomic E-state index is 10.4. The summed E-state index contributed by atoms with van der Waals surface area (Å²) in [5, 5.41) is 8.52. The van der Waals surface area contributed by atoms with Gasteiger partial charge in [-0.25, -0.2) is 0 Å². The van der Waals surface area contributed by atoms with Crippen LogP contribution in [0.25, 0.3) is 0 Å². The van der Waals surface area contributed by atoms with Crippen molar-refractivity contribution in [2.75, 3.05) is 0 Å². The van der Waals surface area contributed by atoms with Crippen molar-refractivity contribution in [2.45, 2.75) is 25.6 Å². The highest BCUT2D eigenvalue weighted by molar-refractivity contribution is 5.73. The lowest BCUT2D eigenvalue weighted by molar-refractivity contribution is -0.138. The zero-order valence-electron chi connectivity index (χ0n) is 12.5. The van der Waals surface area contributed by atoms with Gasteiger partial charge in [0.25, 0.3) is 0 Å². The number of carbonyl (C=O) groups is 1.